The average Bonchev–Trinajstić information content (AvgIpc) is 2.32. The van der Waals surface area contributed by atoms with Crippen molar-refractivity contribution < 1.29 is 9.59 Å². The number of allylic oxidation sites excluding steroid dienone is 1. The summed E-state index contributed by atoms with van der Waals surface area (Å²) in [6.07, 6.45) is 7.03. The fourth-order valence-corrected chi connectivity index (χ4v) is 2.47. The Labute approximate surface area is 108 Å². The molecule has 0 aliphatic carbocycles. The number of nitrogens with zero attached hydrogens (tertiary/aromatic N) is 2. The van der Waals surface area contributed by atoms with E-state index in [1.54, 1.807) is 4.67 Å². The van der Waals surface area contributed by atoms with Crippen LogP contribution in [0.25, 0.3) is 0 Å². The second kappa shape index (κ2) is 7.13. The summed E-state index contributed by atoms with van der Waals surface area (Å²) in [5.74, 6) is 0.0147. The number of rotatable bonds is 4. The molecule has 0 aromatic heterocycles. The van der Waals surface area contributed by atoms with Crippen molar-refractivity contribution in [3.8, 4) is 0 Å². The third-order valence-electron chi connectivity index (χ3n) is 2.76. The Kier molecular flexibility index (Phi) is 6.15. The van der Waals surface area contributed by atoms with Gasteiger partial charge < -0.3 is 9.34 Å². The molecule has 7 heteroatoms. The van der Waals surface area contributed by atoms with E-state index in [4.69, 9.17) is 0 Å². The van der Waals surface area contributed by atoms with Crippen molar-refractivity contribution in [2.24, 2.45) is 0 Å². The predicted octanol–water partition coefficient (Wildman–Crippen LogP) is 0.384. The van der Waals surface area contributed by atoms with Crippen LogP contribution in [0.2, 0.25) is 6.32 Å². The molecular formula is C10H19BN2O2P2. The maximum Gasteiger partial charge on any atom is 0.248 e. The molecule has 0 radical (unpaired) electrons. The number of carbonyl (C=O) groups is 2. The van der Waals surface area contributed by atoms with Gasteiger partial charge in [0.05, 0.1) is 0 Å². The van der Waals surface area contributed by atoms with E-state index in [2.05, 4.69) is 26.6 Å². The van der Waals surface area contributed by atoms with Crippen LogP contribution in [0.3, 0.4) is 0 Å². The van der Waals surface area contributed by atoms with Crippen LogP contribution in [0.15, 0.2) is 12.2 Å². The fourth-order valence-electron chi connectivity index (χ4n) is 1.77. The van der Waals surface area contributed by atoms with Crippen molar-refractivity contribution in [1.29, 1.82) is 0 Å². The molecule has 4 nitrogen and oxygen atoms in total. The number of carbonyl (C=O) groups excluding carboxylic acids is 2. The van der Waals surface area contributed by atoms with Crippen LogP contribution in [-0.4, -0.2) is 41.6 Å². The van der Waals surface area contributed by atoms with Crippen molar-refractivity contribution in [2.75, 3.05) is 6.54 Å². The summed E-state index contributed by atoms with van der Waals surface area (Å²) in [5, 5.41) is 0. The van der Waals surface area contributed by atoms with Gasteiger partial charge in [0, 0.05) is 13.0 Å². The number of amides is 2. The Morgan fingerprint density at radius 1 is 1.59 bits per heavy atom. The highest BCUT2D eigenvalue weighted by atomic mass is 31.0. The van der Waals surface area contributed by atoms with E-state index < -0.39 is 0 Å². The first-order chi connectivity index (χ1) is 8.07. The zero-order chi connectivity index (χ0) is 12.8. The van der Waals surface area contributed by atoms with Crippen LogP contribution in [0.4, 0.5) is 0 Å². The topological polar surface area (TPSA) is 40.6 Å². The van der Waals surface area contributed by atoms with Crippen LogP contribution >= 0.6 is 18.8 Å². The Morgan fingerprint density at radius 3 is 2.94 bits per heavy atom. The molecule has 1 rings (SSSR count). The average molecular weight is 272 g/mol. The molecule has 0 bridgehead atoms. The standard InChI is InChI=1S/C10H19BN2O2P2/c11-6-1-2-7-12(16)10(15)8-4-3-5-9(14)13(8)17/h1-2,8H,3-7,11,16-17H2/b2-1+. The largest absolute Gasteiger partial charge is 0.322 e. The lowest BCUT2D eigenvalue weighted by Gasteiger charge is -2.33. The first kappa shape index (κ1) is 14.7. The second-order valence-electron chi connectivity index (χ2n) is 4.08. The highest BCUT2D eigenvalue weighted by Gasteiger charge is 2.32. The van der Waals surface area contributed by atoms with Gasteiger partial charge in [-0.3, -0.25) is 9.59 Å². The summed E-state index contributed by atoms with van der Waals surface area (Å²) in [5.41, 5.74) is 0. The van der Waals surface area contributed by atoms with Gasteiger partial charge in [-0.1, -0.05) is 18.5 Å². The molecule has 1 saturated heterocycles. The van der Waals surface area contributed by atoms with Crippen LogP contribution in [0, 0.1) is 0 Å². The van der Waals surface area contributed by atoms with Crippen molar-refractivity contribution in [2.45, 2.75) is 31.6 Å². The van der Waals surface area contributed by atoms with Gasteiger partial charge in [0.25, 0.3) is 0 Å². The van der Waals surface area contributed by atoms with E-state index in [9.17, 15) is 9.59 Å². The zero-order valence-corrected chi connectivity index (χ0v) is 12.4. The van der Waals surface area contributed by atoms with Crippen LogP contribution in [0.5, 0.6) is 0 Å². The van der Waals surface area contributed by atoms with Crippen LogP contribution in [-0.2, 0) is 9.59 Å². The Hall–Kier alpha value is -0.395. The van der Waals surface area contributed by atoms with E-state index in [1.165, 1.54) is 4.67 Å². The second-order valence-corrected chi connectivity index (χ2v) is 5.26. The molecule has 0 N–H and O–H groups in total. The van der Waals surface area contributed by atoms with Crippen LogP contribution < -0.4 is 0 Å². The highest BCUT2D eigenvalue weighted by Crippen LogP contribution is 2.24. The molecule has 1 aliphatic heterocycles. The zero-order valence-electron chi connectivity index (χ0n) is 10.1. The SMILES string of the molecule is BC/C=C/CN(P)C(=O)C1CCCC(=O)N1P. The quantitative estimate of drug-likeness (QED) is 0.422. The van der Waals surface area contributed by atoms with Gasteiger partial charge in [-0.15, -0.1) is 0 Å². The summed E-state index contributed by atoms with van der Waals surface area (Å²) in [7, 11) is 6.84. The number of hydrogen-bond donors (Lipinski definition) is 0. The van der Waals surface area contributed by atoms with Crippen molar-refractivity contribution >= 4 is 38.4 Å². The molecule has 1 heterocycles. The van der Waals surface area contributed by atoms with Crippen molar-refractivity contribution in [1.82, 2.24) is 9.34 Å². The molecule has 3 atom stereocenters. The minimum Gasteiger partial charge on any atom is -0.322 e. The predicted molar refractivity (Wildman–Crippen MR) is 78.1 cm³/mol. The van der Waals surface area contributed by atoms with E-state index in [0.717, 1.165) is 19.2 Å². The third kappa shape index (κ3) is 4.08. The summed E-state index contributed by atoms with van der Waals surface area (Å²) < 4.78 is 3.08. The van der Waals surface area contributed by atoms with Gasteiger partial charge in [0.1, 0.15) is 13.9 Å². The monoisotopic (exact) mass is 272 g/mol. The summed E-state index contributed by atoms with van der Waals surface area (Å²) in [6.45, 7) is 0.570. The summed E-state index contributed by atoms with van der Waals surface area (Å²) in [4.78, 5) is 23.6. The maximum atomic E-state index is 12.1. The molecule has 94 valence electrons. The smallest absolute Gasteiger partial charge is 0.248 e. The third-order valence-corrected chi connectivity index (χ3v) is 3.88. The van der Waals surface area contributed by atoms with Gasteiger partial charge >= 0.3 is 0 Å². The van der Waals surface area contributed by atoms with Gasteiger partial charge in [-0.25, -0.2) is 0 Å². The van der Waals surface area contributed by atoms with Gasteiger partial charge in [0.15, 0.2) is 0 Å². The van der Waals surface area contributed by atoms with E-state index in [1.807, 2.05) is 12.2 Å². The lowest BCUT2D eigenvalue weighted by molar-refractivity contribution is -0.139. The highest BCUT2D eigenvalue weighted by molar-refractivity contribution is 7.15. The molecule has 0 saturated carbocycles. The molecule has 3 unspecified atom stereocenters. The molecule has 1 fully saturated rings. The molecule has 0 aromatic carbocycles. The lowest BCUT2D eigenvalue weighted by atomic mass is 10.0. The van der Waals surface area contributed by atoms with E-state index in [0.29, 0.717) is 13.0 Å². The molecule has 2 amide bonds. The van der Waals surface area contributed by atoms with Crippen molar-refractivity contribution in [3.05, 3.63) is 12.2 Å². The minimum absolute atomic E-state index is 0.0150. The normalized spacial score (nSPS) is 20.9. The molecule has 17 heavy (non-hydrogen) atoms. The first-order valence-corrected chi connectivity index (χ1v) is 6.89. The van der Waals surface area contributed by atoms with Crippen molar-refractivity contribution in [3.63, 3.8) is 0 Å². The van der Waals surface area contributed by atoms with Gasteiger partial charge in [0.2, 0.25) is 11.8 Å². The van der Waals surface area contributed by atoms with Gasteiger partial charge in [-0.05, 0) is 31.6 Å². The molecule has 1 aliphatic rings. The minimum atomic E-state index is -0.325. The fraction of sp³-hybridized carbons (Fsp3) is 0.600. The van der Waals surface area contributed by atoms with Gasteiger partial charge in [-0.2, -0.15) is 0 Å². The maximum absolute atomic E-state index is 12.1. The number of piperidine rings is 1. The first-order valence-electron chi connectivity index (χ1n) is 5.85. The molecular weight excluding hydrogens is 253 g/mol. The lowest BCUT2D eigenvalue weighted by Crippen LogP contribution is -2.46. The summed E-state index contributed by atoms with van der Waals surface area (Å²) >= 11 is 0. The van der Waals surface area contributed by atoms with Crippen LogP contribution in [0.1, 0.15) is 19.3 Å². The molecule has 0 aromatic rings. The number of hydrogen-bond acceptors (Lipinski definition) is 2. The Balaban J connectivity index is 2.56. The van der Waals surface area contributed by atoms with E-state index in [-0.39, 0.29) is 17.9 Å². The Morgan fingerprint density at radius 2 is 2.29 bits per heavy atom. The summed E-state index contributed by atoms with van der Waals surface area (Å²) in [6, 6.07) is -0.325. The molecule has 0 spiro atoms. The van der Waals surface area contributed by atoms with E-state index >= 15 is 0 Å². The Bertz CT molecular complexity index is 325.